The summed E-state index contributed by atoms with van der Waals surface area (Å²) >= 11 is 12.3. The number of anilines is 1. The van der Waals surface area contributed by atoms with E-state index in [1.165, 1.54) is 26.4 Å². The number of carbonyl (C=O) groups excluding carboxylic acids is 2. The van der Waals surface area contributed by atoms with Crippen molar-refractivity contribution in [3.63, 3.8) is 0 Å². The second-order valence-electron chi connectivity index (χ2n) is 7.51. The summed E-state index contributed by atoms with van der Waals surface area (Å²) in [6.07, 6.45) is 0. The number of hydrogen-bond acceptors (Lipinski definition) is 6. The van der Waals surface area contributed by atoms with Gasteiger partial charge in [-0.2, -0.15) is 9.78 Å². The van der Waals surface area contributed by atoms with Gasteiger partial charge < -0.3 is 20.1 Å². The molecule has 0 unspecified atom stereocenters. The van der Waals surface area contributed by atoms with Crippen molar-refractivity contribution >= 4 is 51.5 Å². The fourth-order valence-corrected chi connectivity index (χ4v) is 4.02. The average molecular weight is 527 g/mol. The Morgan fingerprint density at radius 2 is 1.56 bits per heavy atom. The van der Waals surface area contributed by atoms with Gasteiger partial charge in [0.05, 0.1) is 41.9 Å². The molecule has 0 atom stereocenters. The molecule has 1 aromatic heterocycles. The van der Waals surface area contributed by atoms with Gasteiger partial charge in [-0.25, -0.2) is 0 Å². The van der Waals surface area contributed by atoms with E-state index >= 15 is 0 Å². The van der Waals surface area contributed by atoms with E-state index in [-0.39, 0.29) is 22.6 Å². The van der Waals surface area contributed by atoms with Gasteiger partial charge in [0.1, 0.15) is 11.5 Å². The smallest absolute Gasteiger partial charge is 0.279 e. The Hall–Kier alpha value is -4.08. The maximum atomic E-state index is 13.1. The minimum atomic E-state index is -0.637. The highest BCUT2D eigenvalue weighted by Gasteiger charge is 2.19. The van der Waals surface area contributed by atoms with E-state index in [0.29, 0.717) is 33.3 Å². The molecule has 1 heterocycles. The molecule has 2 N–H and O–H groups in total. The molecule has 0 saturated carbocycles. The molecule has 0 aliphatic heterocycles. The van der Waals surface area contributed by atoms with E-state index in [1.807, 2.05) is 0 Å². The lowest BCUT2D eigenvalue weighted by molar-refractivity contribution is -0.115. The summed E-state index contributed by atoms with van der Waals surface area (Å²) in [5, 5.41) is 10.7. The van der Waals surface area contributed by atoms with Crippen LogP contribution >= 0.6 is 23.2 Å². The molecule has 9 nitrogen and oxygen atoms in total. The number of methoxy groups -OCH3 is 2. The van der Waals surface area contributed by atoms with Crippen LogP contribution in [0, 0.1) is 0 Å². The lowest BCUT2D eigenvalue weighted by Gasteiger charge is -2.13. The zero-order valence-electron chi connectivity index (χ0n) is 19.2. The summed E-state index contributed by atoms with van der Waals surface area (Å²) in [5.74, 6) is -0.225. The van der Waals surface area contributed by atoms with Crippen LogP contribution in [-0.4, -0.2) is 42.4 Å². The first-order chi connectivity index (χ1) is 17.3. The van der Waals surface area contributed by atoms with Crippen LogP contribution in [0.1, 0.15) is 10.5 Å². The van der Waals surface area contributed by atoms with Crippen LogP contribution in [-0.2, 0) is 4.79 Å². The van der Waals surface area contributed by atoms with Gasteiger partial charge in [0, 0.05) is 11.1 Å². The number of carbonyl (C=O) groups is 2. The number of benzene rings is 3. The number of rotatable bonds is 7. The van der Waals surface area contributed by atoms with E-state index in [2.05, 4.69) is 15.7 Å². The number of nitrogens with one attached hydrogen (secondary N) is 2. The molecule has 0 fully saturated rings. The molecule has 0 radical (unpaired) electrons. The lowest BCUT2D eigenvalue weighted by Crippen LogP contribution is -2.35. The van der Waals surface area contributed by atoms with Crippen LogP contribution in [0.25, 0.3) is 16.5 Å². The van der Waals surface area contributed by atoms with Crippen LogP contribution in [0.4, 0.5) is 5.69 Å². The van der Waals surface area contributed by atoms with Crippen molar-refractivity contribution < 1.29 is 19.1 Å². The molecule has 184 valence electrons. The van der Waals surface area contributed by atoms with E-state index in [9.17, 15) is 14.4 Å². The minimum absolute atomic E-state index is 0.0302. The first-order valence-electron chi connectivity index (χ1n) is 10.6. The molecule has 4 aromatic rings. The summed E-state index contributed by atoms with van der Waals surface area (Å²) in [4.78, 5) is 38.6. The average Bonchev–Trinajstić information content (AvgIpc) is 2.88. The standard InChI is InChI=1S/C25H20Cl2N4O5/c1-35-20-9-7-14(11-18(20)26)29-22(32)13-28-24(33)23-16-5-3-4-6-17(16)25(34)31(30-23)15-8-10-21(36-2)19(27)12-15/h3-12H,13H2,1-2H3,(H,28,33)(H,29,32). The first-order valence-corrected chi connectivity index (χ1v) is 11.4. The van der Waals surface area contributed by atoms with Gasteiger partial charge in [0.15, 0.2) is 5.69 Å². The molecule has 0 spiro atoms. The van der Waals surface area contributed by atoms with Crippen LogP contribution in [0.2, 0.25) is 10.0 Å². The third-order valence-corrected chi connectivity index (χ3v) is 5.84. The Bertz CT molecular complexity index is 1540. The largest absolute Gasteiger partial charge is 0.495 e. The third kappa shape index (κ3) is 5.12. The maximum Gasteiger partial charge on any atom is 0.279 e. The molecule has 0 aliphatic carbocycles. The highest BCUT2D eigenvalue weighted by Crippen LogP contribution is 2.28. The number of fused-ring (bicyclic) bond motifs is 1. The molecule has 0 bridgehead atoms. The highest BCUT2D eigenvalue weighted by molar-refractivity contribution is 6.32. The Morgan fingerprint density at radius 1 is 0.917 bits per heavy atom. The van der Waals surface area contributed by atoms with E-state index in [4.69, 9.17) is 32.7 Å². The normalized spacial score (nSPS) is 10.7. The monoisotopic (exact) mass is 526 g/mol. The van der Waals surface area contributed by atoms with Crippen molar-refractivity contribution in [2.75, 3.05) is 26.1 Å². The molecule has 0 saturated heterocycles. The fourth-order valence-electron chi connectivity index (χ4n) is 3.51. The molecule has 0 aliphatic rings. The van der Waals surface area contributed by atoms with E-state index in [1.54, 1.807) is 48.5 Å². The molecular weight excluding hydrogens is 507 g/mol. The molecule has 36 heavy (non-hydrogen) atoms. The topological polar surface area (TPSA) is 112 Å². The Kier molecular flexibility index (Phi) is 7.42. The second kappa shape index (κ2) is 10.7. The van der Waals surface area contributed by atoms with Crippen molar-refractivity contribution in [1.82, 2.24) is 15.1 Å². The quantitative estimate of drug-likeness (QED) is 0.375. The van der Waals surface area contributed by atoms with Gasteiger partial charge in [-0.3, -0.25) is 14.4 Å². The second-order valence-corrected chi connectivity index (χ2v) is 8.32. The predicted octanol–water partition coefficient (Wildman–Crippen LogP) is 4.08. The first kappa shape index (κ1) is 25.0. The molecule has 11 heteroatoms. The fraction of sp³-hybridized carbons (Fsp3) is 0.120. The van der Waals surface area contributed by atoms with Crippen LogP contribution in [0.3, 0.4) is 0 Å². The van der Waals surface area contributed by atoms with E-state index < -0.39 is 17.4 Å². The van der Waals surface area contributed by atoms with Crippen LogP contribution in [0.5, 0.6) is 11.5 Å². The van der Waals surface area contributed by atoms with Gasteiger partial charge in [0.2, 0.25) is 5.91 Å². The van der Waals surface area contributed by atoms with Gasteiger partial charge in [0.25, 0.3) is 11.5 Å². The number of hydrogen-bond donors (Lipinski definition) is 2. The molecule has 2 amide bonds. The highest BCUT2D eigenvalue weighted by atomic mass is 35.5. The number of halogens is 2. The zero-order chi connectivity index (χ0) is 25.8. The van der Waals surface area contributed by atoms with Crippen molar-refractivity contribution in [2.24, 2.45) is 0 Å². The van der Waals surface area contributed by atoms with Gasteiger partial charge in [-0.05, 0) is 42.5 Å². The van der Waals surface area contributed by atoms with Crippen molar-refractivity contribution in [2.45, 2.75) is 0 Å². The van der Waals surface area contributed by atoms with Gasteiger partial charge in [-0.15, -0.1) is 0 Å². The van der Waals surface area contributed by atoms with Crippen LogP contribution < -0.4 is 25.7 Å². The minimum Gasteiger partial charge on any atom is -0.495 e. The number of amides is 2. The van der Waals surface area contributed by atoms with Crippen LogP contribution in [0.15, 0.2) is 65.5 Å². The zero-order valence-corrected chi connectivity index (χ0v) is 20.7. The molecule has 4 rings (SSSR count). The van der Waals surface area contributed by atoms with Gasteiger partial charge in [-0.1, -0.05) is 41.4 Å². The Labute approximate surface area is 215 Å². The predicted molar refractivity (Wildman–Crippen MR) is 138 cm³/mol. The van der Waals surface area contributed by atoms with E-state index in [0.717, 1.165) is 4.68 Å². The summed E-state index contributed by atoms with van der Waals surface area (Å²) in [7, 11) is 2.96. The lowest BCUT2D eigenvalue weighted by atomic mass is 10.1. The summed E-state index contributed by atoms with van der Waals surface area (Å²) < 4.78 is 11.3. The Morgan fingerprint density at radius 3 is 2.19 bits per heavy atom. The van der Waals surface area contributed by atoms with Gasteiger partial charge >= 0.3 is 0 Å². The maximum absolute atomic E-state index is 13.1. The third-order valence-electron chi connectivity index (χ3n) is 5.25. The number of ether oxygens (including phenoxy) is 2. The SMILES string of the molecule is COc1ccc(NC(=O)CNC(=O)c2nn(-c3ccc(OC)c(Cl)c3)c(=O)c3ccccc23)cc1Cl. The summed E-state index contributed by atoms with van der Waals surface area (Å²) in [6.45, 7) is -0.341. The Balaban J connectivity index is 1.60. The van der Waals surface area contributed by atoms with Crippen molar-refractivity contribution in [3.8, 4) is 17.2 Å². The number of aromatic nitrogens is 2. The summed E-state index contributed by atoms with van der Waals surface area (Å²) in [5.41, 5.74) is 0.322. The summed E-state index contributed by atoms with van der Waals surface area (Å²) in [6, 6.07) is 16.1. The number of nitrogens with zero attached hydrogens (tertiary/aromatic N) is 2. The molecular formula is C25H20Cl2N4O5. The van der Waals surface area contributed by atoms with Crippen molar-refractivity contribution in [1.29, 1.82) is 0 Å². The van der Waals surface area contributed by atoms with Crippen molar-refractivity contribution in [3.05, 3.63) is 86.8 Å². The molecule has 3 aromatic carbocycles.